The van der Waals surface area contributed by atoms with Gasteiger partial charge < -0.3 is 9.64 Å². The van der Waals surface area contributed by atoms with E-state index in [0.717, 1.165) is 46.4 Å². The summed E-state index contributed by atoms with van der Waals surface area (Å²) in [5.41, 5.74) is 4.97. The molecule has 0 saturated carbocycles. The largest absolute Gasteiger partial charge is 0.376 e. The Morgan fingerprint density at radius 2 is 2.23 bits per heavy atom. The van der Waals surface area contributed by atoms with Crippen LogP contribution in [0.15, 0.2) is 35.7 Å². The smallest absolute Gasteiger partial charge is 0.264 e. The maximum absolute atomic E-state index is 13.3. The maximum atomic E-state index is 13.3. The van der Waals surface area contributed by atoms with E-state index in [1.807, 2.05) is 22.4 Å². The molecule has 1 aromatic carbocycles. The van der Waals surface area contributed by atoms with Gasteiger partial charge in [-0.25, -0.2) is 0 Å². The molecule has 0 spiro atoms. The van der Waals surface area contributed by atoms with Crippen LogP contribution in [0.4, 0.5) is 0 Å². The highest BCUT2D eigenvalue weighted by atomic mass is 32.1. The lowest BCUT2D eigenvalue weighted by Crippen LogP contribution is -2.36. The van der Waals surface area contributed by atoms with Crippen molar-refractivity contribution in [3.8, 4) is 0 Å². The summed E-state index contributed by atoms with van der Waals surface area (Å²) in [5.74, 6) is 0.0197. The Bertz CT molecular complexity index is 1210. The van der Waals surface area contributed by atoms with Crippen LogP contribution in [0.2, 0.25) is 0 Å². The minimum atomic E-state index is 0.0197. The summed E-state index contributed by atoms with van der Waals surface area (Å²) in [7, 11) is 0. The van der Waals surface area contributed by atoms with Crippen molar-refractivity contribution < 1.29 is 9.53 Å². The average Bonchev–Trinajstić information content (AvgIpc) is 3.52. The topological polar surface area (TPSA) is 72.6 Å². The highest BCUT2D eigenvalue weighted by Gasteiger charge is 2.25. The number of rotatable bonds is 5. The van der Waals surface area contributed by atoms with Crippen LogP contribution >= 0.6 is 11.3 Å². The number of aryl methyl sites for hydroxylation is 2. The van der Waals surface area contributed by atoms with Gasteiger partial charge in [-0.15, -0.1) is 16.4 Å². The maximum Gasteiger partial charge on any atom is 0.264 e. The molecule has 0 N–H and O–H groups in total. The Morgan fingerprint density at radius 3 is 3.00 bits per heavy atom. The van der Waals surface area contributed by atoms with Crippen LogP contribution in [0.1, 0.15) is 39.2 Å². The number of benzene rings is 1. The van der Waals surface area contributed by atoms with E-state index in [2.05, 4.69) is 47.6 Å². The highest BCUT2D eigenvalue weighted by molar-refractivity contribution is 7.12. The second-order valence-corrected chi connectivity index (χ2v) is 8.77. The number of fused-ring (bicyclic) bond motifs is 3. The third kappa shape index (κ3) is 3.36. The third-order valence-electron chi connectivity index (χ3n) is 5.86. The molecule has 1 amide bonds. The van der Waals surface area contributed by atoms with Crippen LogP contribution in [0.25, 0.3) is 16.6 Å². The molecule has 0 bridgehead atoms. The first-order valence-electron chi connectivity index (χ1n) is 10.2. The number of nitrogens with zero attached hydrogens (tertiary/aromatic N) is 5. The standard InChI is InChI=1S/C22H23N5O2S/c1-14-7-8-16-11-17(21-23-24-25-27(21)20(16)15(14)2)12-26(13-18-5-3-9-29-18)22(28)19-6-4-10-30-19/h4,6-8,10-11,18H,3,5,9,12-13H2,1-2H3. The first-order chi connectivity index (χ1) is 14.6. The van der Waals surface area contributed by atoms with Crippen molar-refractivity contribution in [1.82, 2.24) is 24.9 Å². The minimum absolute atomic E-state index is 0.0197. The van der Waals surface area contributed by atoms with Crippen molar-refractivity contribution in [3.05, 3.63) is 57.3 Å². The number of ether oxygens (including phenoxy) is 1. The predicted octanol–water partition coefficient (Wildman–Crippen LogP) is 3.78. The Balaban J connectivity index is 1.57. The lowest BCUT2D eigenvalue weighted by molar-refractivity contribution is 0.0511. The fourth-order valence-corrected chi connectivity index (χ4v) is 4.83. The molecule has 1 aliphatic rings. The number of hydrogen-bond donors (Lipinski definition) is 0. The summed E-state index contributed by atoms with van der Waals surface area (Å²) in [6, 6.07) is 10.1. The van der Waals surface area contributed by atoms with Gasteiger partial charge in [0.15, 0.2) is 5.65 Å². The van der Waals surface area contributed by atoms with E-state index in [-0.39, 0.29) is 12.0 Å². The number of aromatic nitrogens is 4. The molecular formula is C22H23N5O2S. The predicted molar refractivity (Wildman–Crippen MR) is 116 cm³/mol. The second kappa shape index (κ2) is 7.77. The molecule has 4 heterocycles. The van der Waals surface area contributed by atoms with Crippen molar-refractivity contribution in [2.45, 2.75) is 39.3 Å². The van der Waals surface area contributed by atoms with E-state index in [0.29, 0.717) is 18.7 Å². The van der Waals surface area contributed by atoms with Gasteiger partial charge >= 0.3 is 0 Å². The second-order valence-electron chi connectivity index (χ2n) is 7.83. The summed E-state index contributed by atoms with van der Waals surface area (Å²) in [6.45, 7) is 5.93. The molecule has 7 nitrogen and oxygen atoms in total. The molecule has 0 aliphatic carbocycles. The van der Waals surface area contributed by atoms with Crippen LogP contribution in [0, 0.1) is 13.8 Å². The SMILES string of the molecule is Cc1ccc2cc(CN(CC3CCCO3)C(=O)c3cccs3)c3nnnn3c2c1C. The zero-order chi connectivity index (χ0) is 20.7. The summed E-state index contributed by atoms with van der Waals surface area (Å²) < 4.78 is 7.62. The van der Waals surface area contributed by atoms with Crippen LogP contribution in [0.5, 0.6) is 0 Å². The quantitative estimate of drug-likeness (QED) is 0.490. The first kappa shape index (κ1) is 19.1. The number of carbonyl (C=O) groups excluding carboxylic acids is 1. The number of thiophene rings is 1. The van der Waals surface area contributed by atoms with Crippen molar-refractivity contribution >= 4 is 33.8 Å². The molecule has 154 valence electrons. The van der Waals surface area contributed by atoms with Crippen molar-refractivity contribution in [1.29, 1.82) is 0 Å². The molecule has 1 saturated heterocycles. The fraction of sp³-hybridized carbons (Fsp3) is 0.364. The van der Waals surface area contributed by atoms with E-state index in [4.69, 9.17) is 4.74 Å². The van der Waals surface area contributed by atoms with Crippen LogP contribution in [0.3, 0.4) is 0 Å². The van der Waals surface area contributed by atoms with Gasteiger partial charge in [-0.2, -0.15) is 4.52 Å². The van der Waals surface area contributed by atoms with Crippen molar-refractivity contribution in [2.24, 2.45) is 0 Å². The highest BCUT2D eigenvalue weighted by Crippen LogP contribution is 2.26. The monoisotopic (exact) mass is 421 g/mol. The van der Waals surface area contributed by atoms with Gasteiger partial charge in [0, 0.05) is 30.6 Å². The number of tetrazole rings is 1. The Labute approximate surface area is 178 Å². The zero-order valence-corrected chi connectivity index (χ0v) is 17.9. The van der Waals surface area contributed by atoms with E-state index in [1.54, 1.807) is 4.52 Å². The zero-order valence-electron chi connectivity index (χ0n) is 17.0. The summed E-state index contributed by atoms with van der Waals surface area (Å²) in [5, 5.41) is 15.4. The lowest BCUT2D eigenvalue weighted by atomic mass is 10.0. The molecule has 4 aromatic rings. The fourth-order valence-electron chi connectivity index (χ4n) is 4.14. The summed E-state index contributed by atoms with van der Waals surface area (Å²) in [6.07, 6.45) is 2.09. The van der Waals surface area contributed by atoms with Gasteiger partial charge in [0.05, 0.1) is 16.5 Å². The van der Waals surface area contributed by atoms with Gasteiger partial charge in [-0.05, 0) is 65.8 Å². The average molecular weight is 422 g/mol. The minimum Gasteiger partial charge on any atom is -0.376 e. The van der Waals surface area contributed by atoms with Crippen molar-refractivity contribution in [3.63, 3.8) is 0 Å². The normalized spacial score (nSPS) is 16.5. The lowest BCUT2D eigenvalue weighted by Gasteiger charge is -2.25. The summed E-state index contributed by atoms with van der Waals surface area (Å²) in [4.78, 5) is 15.9. The van der Waals surface area contributed by atoms with Gasteiger partial charge in [0.25, 0.3) is 5.91 Å². The molecule has 1 aliphatic heterocycles. The molecule has 1 unspecified atom stereocenters. The first-order valence-corrected chi connectivity index (χ1v) is 11.0. The van der Waals surface area contributed by atoms with Gasteiger partial charge in [-0.3, -0.25) is 4.79 Å². The van der Waals surface area contributed by atoms with Crippen LogP contribution in [-0.4, -0.2) is 50.1 Å². The molecular weight excluding hydrogens is 398 g/mol. The number of carbonyl (C=O) groups is 1. The van der Waals surface area contributed by atoms with Gasteiger partial charge in [0.2, 0.25) is 0 Å². The molecule has 5 rings (SSSR count). The van der Waals surface area contributed by atoms with Crippen LogP contribution < -0.4 is 0 Å². The van der Waals surface area contributed by atoms with Crippen molar-refractivity contribution in [2.75, 3.05) is 13.2 Å². The third-order valence-corrected chi connectivity index (χ3v) is 6.72. The molecule has 1 fully saturated rings. The molecule has 8 heteroatoms. The summed E-state index contributed by atoms with van der Waals surface area (Å²) >= 11 is 1.46. The van der Waals surface area contributed by atoms with E-state index < -0.39 is 0 Å². The van der Waals surface area contributed by atoms with Crippen LogP contribution in [-0.2, 0) is 11.3 Å². The Kier molecular flexibility index (Phi) is 4.96. The van der Waals surface area contributed by atoms with E-state index >= 15 is 0 Å². The van der Waals surface area contributed by atoms with E-state index in [1.165, 1.54) is 16.9 Å². The number of hydrogen-bond acceptors (Lipinski definition) is 6. The molecule has 3 aromatic heterocycles. The van der Waals surface area contributed by atoms with Gasteiger partial charge in [-0.1, -0.05) is 18.2 Å². The molecule has 0 radical (unpaired) electrons. The molecule has 30 heavy (non-hydrogen) atoms. The number of amides is 1. The number of pyridine rings is 1. The van der Waals surface area contributed by atoms with E-state index in [9.17, 15) is 4.79 Å². The Hall–Kier alpha value is -2.84. The van der Waals surface area contributed by atoms with Gasteiger partial charge in [0.1, 0.15) is 0 Å². The Morgan fingerprint density at radius 1 is 1.33 bits per heavy atom. The molecule has 1 atom stereocenters.